The van der Waals surface area contributed by atoms with Gasteiger partial charge in [-0.05, 0) is 68.7 Å². The summed E-state index contributed by atoms with van der Waals surface area (Å²) in [5.74, 6) is 0.367. The predicted octanol–water partition coefficient (Wildman–Crippen LogP) is 4.31. The van der Waals surface area contributed by atoms with Crippen molar-refractivity contribution in [1.29, 1.82) is 0 Å². The number of nitrogens with one attached hydrogen (secondary N) is 1. The Kier molecular flexibility index (Phi) is 7.76. The van der Waals surface area contributed by atoms with Crippen molar-refractivity contribution in [2.75, 3.05) is 24.0 Å². The first-order valence-corrected chi connectivity index (χ1v) is 12.2. The Morgan fingerprint density at radius 2 is 1.55 bits per heavy atom. The third-order valence-electron chi connectivity index (χ3n) is 5.26. The van der Waals surface area contributed by atoms with Crippen molar-refractivity contribution in [1.82, 2.24) is 5.32 Å². The molecule has 0 aliphatic heterocycles. The van der Waals surface area contributed by atoms with Gasteiger partial charge in [0.25, 0.3) is 10.0 Å². The highest BCUT2D eigenvalue weighted by atomic mass is 32.2. The molecule has 0 radical (unpaired) electrons. The number of sulfonamides is 1. The first kappa shape index (κ1) is 24.3. The number of carbonyl (C=O) groups excluding carboxylic acids is 1. The molecule has 33 heavy (non-hydrogen) atoms. The van der Waals surface area contributed by atoms with Gasteiger partial charge in [-0.2, -0.15) is 0 Å². The van der Waals surface area contributed by atoms with E-state index in [0.29, 0.717) is 5.69 Å². The van der Waals surface area contributed by atoms with Crippen molar-refractivity contribution in [3.05, 3.63) is 89.0 Å². The number of rotatable bonds is 9. The molecular formula is C26H30N2O4S. The van der Waals surface area contributed by atoms with Crippen LogP contribution in [0.3, 0.4) is 0 Å². The van der Waals surface area contributed by atoms with E-state index in [0.717, 1.165) is 32.3 Å². The lowest BCUT2D eigenvalue weighted by Gasteiger charge is -2.26. The molecule has 0 saturated heterocycles. The summed E-state index contributed by atoms with van der Waals surface area (Å²) < 4.78 is 33.8. The minimum Gasteiger partial charge on any atom is -0.491 e. The fourth-order valence-corrected chi connectivity index (χ4v) is 5.01. The molecule has 3 rings (SSSR count). The number of hydrogen-bond donors (Lipinski definition) is 1. The molecule has 1 amide bonds. The number of nitrogens with zero attached hydrogens (tertiary/aromatic N) is 1. The van der Waals surface area contributed by atoms with Crippen LogP contribution in [0, 0.1) is 27.7 Å². The summed E-state index contributed by atoms with van der Waals surface area (Å²) in [6, 6.07) is 19.6. The van der Waals surface area contributed by atoms with Gasteiger partial charge in [0.1, 0.15) is 18.9 Å². The molecule has 0 bridgehead atoms. The third kappa shape index (κ3) is 6.14. The highest BCUT2D eigenvalue weighted by molar-refractivity contribution is 7.92. The molecule has 1 N–H and O–H groups in total. The highest BCUT2D eigenvalue weighted by Crippen LogP contribution is 2.27. The average molecular weight is 467 g/mol. The zero-order valence-corrected chi connectivity index (χ0v) is 20.3. The van der Waals surface area contributed by atoms with E-state index in [1.54, 1.807) is 24.3 Å². The van der Waals surface area contributed by atoms with Crippen molar-refractivity contribution < 1.29 is 17.9 Å². The molecule has 174 valence electrons. The summed E-state index contributed by atoms with van der Waals surface area (Å²) in [4.78, 5) is 12.9. The van der Waals surface area contributed by atoms with E-state index in [-0.39, 0.29) is 24.6 Å². The van der Waals surface area contributed by atoms with Crippen LogP contribution in [0.1, 0.15) is 22.3 Å². The van der Waals surface area contributed by atoms with Gasteiger partial charge in [-0.1, -0.05) is 48.0 Å². The maximum atomic E-state index is 13.4. The average Bonchev–Trinajstić information content (AvgIpc) is 2.78. The Hall–Kier alpha value is -3.32. The van der Waals surface area contributed by atoms with Crippen molar-refractivity contribution >= 4 is 21.6 Å². The van der Waals surface area contributed by atoms with Gasteiger partial charge in [-0.15, -0.1) is 0 Å². The molecule has 0 aliphatic carbocycles. The first-order valence-electron chi connectivity index (χ1n) is 10.8. The Morgan fingerprint density at radius 3 is 2.24 bits per heavy atom. The predicted molar refractivity (Wildman–Crippen MR) is 131 cm³/mol. The van der Waals surface area contributed by atoms with E-state index in [4.69, 9.17) is 4.74 Å². The quantitative estimate of drug-likeness (QED) is 0.477. The summed E-state index contributed by atoms with van der Waals surface area (Å²) in [5.41, 5.74) is 4.38. The number of carbonyl (C=O) groups is 1. The number of ether oxygens (including phenoxy) is 1. The molecule has 0 fully saturated rings. The summed E-state index contributed by atoms with van der Waals surface area (Å²) in [7, 11) is -3.93. The van der Waals surface area contributed by atoms with Crippen molar-refractivity contribution in [2.45, 2.75) is 32.6 Å². The lowest BCUT2D eigenvalue weighted by molar-refractivity contribution is -0.119. The van der Waals surface area contributed by atoms with E-state index < -0.39 is 15.9 Å². The molecule has 0 unspecified atom stereocenters. The number of aryl methyl sites for hydroxylation is 4. The third-order valence-corrected chi connectivity index (χ3v) is 7.04. The van der Waals surface area contributed by atoms with E-state index >= 15 is 0 Å². The Labute approximate surface area is 196 Å². The molecular weight excluding hydrogens is 436 g/mol. The Morgan fingerprint density at radius 1 is 0.879 bits per heavy atom. The van der Waals surface area contributed by atoms with Crippen LogP contribution in [0.2, 0.25) is 0 Å². The Bertz CT molecular complexity index is 1220. The van der Waals surface area contributed by atoms with Gasteiger partial charge in [0, 0.05) is 0 Å². The summed E-state index contributed by atoms with van der Waals surface area (Å²) in [6.45, 7) is 7.95. The van der Waals surface area contributed by atoms with Crippen LogP contribution in [-0.4, -0.2) is 34.0 Å². The second-order valence-electron chi connectivity index (χ2n) is 8.08. The number of benzene rings is 3. The van der Waals surface area contributed by atoms with Gasteiger partial charge in [0.15, 0.2) is 0 Å². The van der Waals surface area contributed by atoms with E-state index in [2.05, 4.69) is 5.32 Å². The van der Waals surface area contributed by atoms with E-state index in [1.165, 1.54) is 12.1 Å². The molecule has 3 aromatic rings. The van der Waals surface area contributed by atoms with Crippen LogP contribution in [-0.2, 0) is 14.8 Å². The minimum absolute atomic E-state index is 0.135. The van der Waals surface area contributed by atoms with Gasteiger partial charge in [-0.3, -0.25) is 9.10 Å². The minimum atomic E-state index is -3.93. The monoisotopic (exact) mass is 466 g/mol. The Balaban J connectivity index is 1.73. The second kappa shape index (κ2) is 10.5. The fraction of sp³-hybridized carbons (Fsp3) is 0.269. The van der Waals surface area contributed by atoms with Crippen molar-refractivity contribution in [2.24, 2.45) is 0 Å². The van der Waals surface area contributed by atoms with Crippen LogP contribution < -0.4 is 14.4 Å². The van der Waals surface area contributed by atoms with Gasteiger partial charge in [-0.25, -0.2) is 8.42 Å². The number of anilines is 1. The molecule has 0 saturated carbocycles. The van der Waals surface area contributed by atoms with Crippen LogP contribution in [0.4, 0.5) is 5.69 Å². The lowest BCUT2D eigenvalue weighted by atomic mass is 10.1. The standard InChI is InChI=1S/C26H30N2O4S/c1-19-11-13-24(22(4)16-19)28(33(30,31)23-8-6-5-7-9-23)18-26(29)27-14-15-32-25-17-20(2)10-12-21(25)3/h5-13,16-17H,14-15,18H2,1-4H3,(H,27,29). The summed E-state index contributed by atoms with van der Waals surface area (Å²) in [5, 5.41) is 2.77. The molecule has 0 heterocycles. The molecule has 7 heteroatoms. The zero-order chi connectivity index (χ0) is 24.0. The molecule has 0 aromatic heterocycles. The highest BCUT2D eigenvalue weighted by Gasteiger charge is 2.28. The number of amides is 1. The summed E-state index contributed by atoms with van der Waals surface area (Å²) in [6.07, 6.45) is 0. The van der Waals surface area contributed by atoms with Gasteiger partial charge in [0.2, 0.25) is 5.91 Å². The maximum absolute atomic E-state index is 13.4. The van der Waals surface area contributed by atoms with Crippen molar-refractivity contribution in [3.8, 4) is 5.75 Å². The van der Waals surface area contributed by atoms with Crippen LogP contribution in [0.15, 0.2) is 71.6 Å². The SMILES string of the molecule is Cc1ccc(N(CC(=O)NCCOc2cc(C)ccc2C)S(=O)(=O)c2ccccc2)c(C)c1. The fourth-order valence-electron chi connectivity index (χ4n) is 3.51. The molecule has 3 aromatic carbocycles. The lowest BCUT2D eigenvalue weighted by Crippen LogP contribution is -2.42. The van der Waals surface area contributed by atoms with Crippen LogP contribution >= 0.6 is 0 Å². The zero-order valence-electron chi connectivity index (χ0n) is 19.5. The largest absolute Gasteiger partial charge is 0.491 e. The van der Waals surface area contributed by atoms with Gasteiger partial charge in [0.05, 0.1) is 17.1 Å². The van der Waals surface area contributed by atoms with Gasteiger partial charge >= 0.3 is 0 Å². The molecule has 0 atom stereocenters. The second-order valence-corrected chi connectivity index (χ2v) is 9.94. The topological polar surface area (TPSA) is 75.7 Å². The molecule has 0 spiro atoms. The first-order chi connectivity index (χ1) is 15.7. The molecule has 6 nitrogen and oxygen atoms in total. The number of hydrogen-bond acceptors (Lipinski definition) is 4. The van der Waals surface area contributed by atoms with Crippen molar-refractivity contribution in [3.63, 3.8) is 0 Å². The maximum Gasteiger partial charge on any atom is 0.264 e. The normalized spacial score (nSPS) is 11.2. The van der Waals surface area contributed by atoms with E-state index in [9.17, 15) is 13.2 Å². The van der Waals surface area contributed by atoms with Gasteiger partial charge < -0.3 is 10.1 Å². The summed E-state index contributed by atoms with van der Waals surface area (Å²) >= 11 is 0. The van der Waals surface area contributed by atoms with Crippen LogP contribution in [0.25, 0.3) is 0 Å². The van der Waals surface area contributed by atoms with Crippen LogP contribution in [0.5, 0.6) is 5.75 Å². The molecule has 0 aliphatic rings. The van der Waals surface area contributed by atoms with E-state index in [1.807, 2.05) is 58.0 Å². The smallest absolute Gasteiger partial charge is 0.264 e.